The van der Waals surface area contributed by atoms with Crippen LogP contribution in [0.3, 0.4) is 0 Å². The van der Waals surface area contributed by atoms with E-state index in [1.54, 1.807) is 13.2 Å². The molecule has 0 unspecified atom stereocenters. The van der Waals surface area contributed by atoms with Crippen LogP contribution in [-0.2, 0) is 19.0 Å². The molecule has 4 heteroatoms. The Morgan fingerprint density at radius 3 is 2.50 bits per heavy atom. The quantitative estimate of drug-likeness (QED) is 0.198. The third-order valence-electron chi connectivity index (χ3n) is 2.07. The Kier molecular flexibility index (Phi) is 11.3. The van der Waals surface area contributed by atoms with E-state index in [-0.39, 0.29) is 12.4 Å². The molecule has 0 bridgehead atoms. The lowest BCUT2D eigenvalue weighted by Gasteiger charge is -2.08. The molecular formula is C14H24O4. The summed E-state index contributed by atoms with van der Waals surface area (Å²) >= 11 is 0. The summed E-state index contributed by atoms with van der Waals surface area (Å²) in [6.45, 7) is 5.08. The average Bonchev–Trinajstić information content (AvgIpc) is 2.37. The Morgan fingerprint density at radius 2 is 1.89 bits per heavy atom. The van der Waals surface area contributed by atoms with Gasteiger partial charge in [-0.25, -0.2) is 4.79 Å². The van der Waals surface area contributed by atoms with Gasteiger partial charge in [0.25, 0.3) is 0 Å². The lowest BCUT2D eigenvalue weighted by molar-refractivity contribution is -0.144. The normalized spacial score (nSPS) is 11.8. The lowest BCUT2D eigenvalue weighted by Crippen LogP contribution is -2.14. The molecule has 0 saturated carbocycles. The van der Waals surface area contributed by atoms with Crippen LogP contribution in [0.25, 0.3) is 0 Å². The highest BCUT2D eigenvalue weighted by Crippen LogP contribution is 2.03. The summed E-state index contributed by atoms with van der Waals surface area (Å²) < 4.78 is 15.2. The molecule has 0 aliphatic rings. The molecular weight excluding hydrogens is 232 g/mol. The third kappa shape index (κ3) is 8.82. The maximum absolute atomic E-state index is 11.6. The summed E-state index contributed by atoms with van der Waals surface area (Å²) in [6, 6.07) is 0. The van der Waals surface area contributed by atoms with E-state index in [9.17, 15) is 4.79 Å². The minimum atomic E-state index is -0.433. The summed E-state index contributed by atoms with van der Waals surface area (Å²) in [5, 5.41) is 0. The van der Waals surface area contributed by atoms with Crippen molar-refractivity contribution in [2.24, 2.45) is 0 Å². The fraction of sp³-hybridized carbons (Fsp3) is 0.643. The van der Waals surface area contributed by atoms with E-state index in [2.05, 4.69) is 6.92 Å². The number of carbonyl (C=O) groups is 1. The van der Waals surface area contributed by atoms with E-state index in [4.69, 9.17) is 14.2 Å². The van der Waals surface area contributed by atoms with Crippen molar-refractivity contribution < 1.29 is 19.0 Å². The maximum atomic E-state index is 11.6. The zero-order chi connectivity index (χ0) is 13.6. The van der Waals surface area contributed by atoms with Gasteiger partial charge in [-0.1, -0.05) is 32.4 Å². The minimum Gasteiger partial charge on any atom is -0.483 e. The van der Waals surface area contributed by atoms with E-state index in [1.807, 2.05) is 19.1 Å². The molecule has 0 fully saturated rings. The van der Waals surface area contributed by atoms with E-state index in [0.29, 0.717) is 13.2 Å². The zero-order valence-electron chi connectivity index (χ0n) is 11.6. The minimum absolute atomic E-state index is 0.241. The number of unbranched alkanes of at least 4 members (excludes halogenated alkanes) is 1. The highest BCUT2D eigenvalue weighted by molar-refractivity contribution is 5.86. The van der Waals surface area contributed by atoms with Gasteiger partial charge in [-0.05, 0) is 18.9 Å². The van der Waals surface area contributed by atoms with Gasteiger partial charge in [0, 0.05) is 7.11 Å². The molecule has 0 aliphatic carbocycles. The fourth-order valence-corrected chi connectivity index (χ4v) is 1.17. The molecule has 0 aromatic heterocycles. The molecule has 4 nitrogen and oxygen atoms in total. The molecule has 0 spiro atoms. The van der Waals surface area contributed by atoms with Gasteiger partial charge in [0.1, 0.15) is 13.2 Å². The van der Waals surface area contributed by atoms with E-state index < -0.39 is 5.97 Å². The first-order valence-electron chi connectivity index (χ1n) is 6.40. The number of hydrogen-bond donors (Lipinski definition) is 0. The standard InChI is InChI=1S/C14H24O4/c1-4-6-7-8-10-17-13(9-5-2)14(15)18-12-11-16-3/h7-9H,4-6,10-12H2,1-3H3/b8-7+,13-9+. The van der Waals surface area contributed by atoms with Crippen molar-refractivity contribution in [2.45, 2.75) is 33.1 Å². The first-order chi connectivity index (χ1) is 8.76. The zero-order valence-corrected chi connectivity index (χ0v) is 11.6. The fourth-order valence-electron chi connectivity index (χ4n) is 1.17. The van der Waals surface area contributed by atoms with Crippen LogP contribution in [0.1, 0.15) is 33.1 Å². The highest BCUT2D eigenvalue weighted by atomic mass is 16.6. The van der Waals surface area contributed by atoms with Gasteiger partial charge in [-0.3, -0.25) is 0 Å². The molecule has 0 aromatic carbocycles. The van der Waals surface area contributed by atoms with Crippen molar-refractivity contribution in [3.63, 3.8) is 0 Å². The van der Waals surface area contributed by atoms with Gasteiger partial charge >= 0.3 is 5.97 Å². The molecule has 18 heavy (non-hydrogen) atoms. The number of rotatable bonds is 10. The van der Waals surface area contributed by atoms with Crippen molar-refractivity contribution in [2.75, 3.05) is 26.9 Å². The van der Waals surface area contributed by atoms with Crippen LogP contribution in [0.2, 0.25) is 0 Å². The second kappa shape index (κ2) is 12.2. The number of hydrogen-bond acceptors (Lipinski definition) is 4. The number of methoxy groups -OCH3 is 1. The van der Waals surface area contributed by atoms with Crippen LogP contribution in [0.5, 0.6) is 0 Å². The van der Waals surface area contributed by atoms with Gasteiger partial charge in [0.15, 0.2) is 0 Å². The van der Waals surface area contributed by atoms with Gasteiger partial charge in [0.05, 0.1) is 6.61 Å². The summed E-state index contributed by atoms with van der Waals surface area (Å²) in [5.74, 6) is -0.160. The largest absolute Gasteiger partial charge is 0.483 e. The predicted octanol–water partition coefficient (Wildman–Crippen LogP) is 2.84. The molecule has 0 aromatic rings. The molecule has 0 radical (unpaired) electrons. The van der Waals surface area contributed by atoms with Crippen LogP contribution in [-0.4, -0.2) is 32.9 Å². The van der Waals surface area contributed by atoms with E-state index >= 15 is 0 Å². The molecule has 104 valence electrons. The van der Waals surface area contributed by atoms with Crippen molar-refractivity contribution >= 4 is 5.97 Å². The Morgan fingerprint density at radius 1 is 1.11 bits per heavy atom. The lowest BCUT2D eigenvalue weighted by atomic mass is 10.3. The molecule has 0 amide bonds. The third-order valence-corrected chi connectivity index (χ3v) is 2.07. The van der Waals surface area contributed by atoms with Crippen LogP contribution >= 0.6 is 0 Å². The molecule has 0 rings (SSSR count). The molecule has 0 heterocycles. The topological polar surface area (TPSA) is 44.8 Å². The second-order valence-electron chi connectivity index (χ2n) is 3.68. The Hall–Kier alpha value is -1.29. The maximum Gasteiger partial charge on any atom is 0.373 e. The Bertz CT molecular complexity index is 269. The highest BCUT2D eigenvalue weighted by Gasteiger charge is 2.11. The van der Waals surface area contributed by atoms with Crippen LogP contribution < -0.4 is 0 Å². The van der Waals surface area contributed by atoms with E-state index in [0.717, 1.165) is 19.3 Å². The average molecular weight is 256 g/mol. The number of carbonyl (C=O) groups excluding carboxylic acids is 1. The number of allylic oxidation sites excluding steroid dienone is 2. The van der Waals surface area contributed by atoms with Gasteiger partial charge in [-0.2, -0.15) is 0 Å². The van der Waals surface area contributed by atoms with E-state index in [1.165, 1.54) is 0 Å². The number of ether oxygens (including phenoxy) is 3. The monoisotopic (exact) mass is 256 g/mol. The van der Waals surface area contributed by atoms with Crippen LogP contribution in [0.4, 0.5) is 0 Å². The van der Waals surface area contributed by atoms with Gasteiger partial charge < -0.3 is 14.2 Å². The smallest absolute Gasteiger partial charge is 0.373 e. The molecule has 0 saturated heterocycles. The number of esters is 1. The van der Waals surface area contributed by atoms with Gasteiger partial charge in [-0.15, -0.1) is 0 Å². The molecule has 0 atom stereocenters. The SMILES string of the molecule is CC/C=C(/OC/C=C/CCC)C(=O)OCCOC. The summed E-state index contributed by atoms with van der Waals surface area (Å²) in [6.07, 6.45) is 8.53. The van der Waals surface area contributed by atoms with Gasteiger partial charge in [0.2, 0.25) is 5.76 Å². The Labute approximate surface area is 110 Å². The predicted molar refractivity (Wildman–Crippen MR) is 71.2 cm³/mol. The first kappa shape index (κ1) is 16.7. The summed E-state index contributed by atoms with van der Waals surface area (Å²) in [5.41, 5.74) is 0. The second-order valence-corrected chi connectivity index (χ2v) is 3.68. The summed E-state index contributed by atoms with van der Waals surface area (Å²) in [4.78, 5) is 11.6. The summed E-state index contributed by atoms with van der Waals surface area (Å²) in [7, 11) is 1.56. The van der Waals surface area contributed by atoms with Crippen molar-refractivity contribution in [3.05, 3.63) is 24.0 Å². The first-order valence-corrected chi connectivity index (χ1v) is 6.40. The van der Waals surface area contributed by atoms with Crippen LogP contribution in [0.15, 0.2) is 24.0 Å². The van der Waals surface area contributed by atoms with Crippen molar-refractivity contribution in [1.29, 1.82) is 0 Å². The van der Waals surface area contributed by atoms with Crippen molar-refractivity contribution in [3.8, 4) is 0 Å². The van der Waals surface area contributed by atoms with Crippen LogP contribution in [0, 0.1) is 0 Å². The Balaban J connectivity index is 4.05. The molecule has 0 aliphatic heterocycles. The van der Waals surface area contributed by atoms with Crippen molar-refractivity contribution in [1.82, 2.24) is 0 Å². The molecule has 0 N–H and O–H groups in total.